The molecule has 15 heteroatoms. The SMILES string of the molecule is CCOC1(CN2CCN(C=O)CC2)CN(c2ccc3c(c2)C(=O)N(C2CCC(=O)NC2=O)C3=O)C1.Cc1ccc(N2CCC3(CC2)CCN(c2ccc(C#N)c(Cl)c2)C3C)cc1. The van der Waals surface area contributed by atoms with E-state index in [2.05, 4.69) is 69.1 Å². The molecule has 6 aliphatic rings. The van der Waals surface area contributed by atoms with Crippen LogP contribution < -0.4 is 20.0 Å². The molecule has 0 bridgehead atoms. The zero-order valence-corrected chi connectivity index (χ0v) is 36.5. The van der Waals surface area contributed by atoms with Crippen molar-refractivity contribution < 1.29 is 28.7 Å². The van der Waals surface area contributed by atoms with E-state index in [-0.39, 0.29) is 29.6 Å². The van der Waals surface area contributed by atoms with E-state index in [4.69, 9.17) is 21.6 Å². The van der Waals surface area contributed by atoms with Crippen molar-refractivity contribution in [1.82, 2.24) is 20.0 Å². The second-order valence-electron chi connectivity index (χ2n) is 17.6. The Balaban J connectivity index is 0.000000176. The lowest BCUT2D eigenvalue weighted by atomic mass is 9.73. The zero-order valence-electron chi connectivity index (χ0n) is 35.8. The van der Waals surface area contributed by atoms with Crippen molar-refractivity contribution in [2.24, 2.45) is 5.41 Å². The van der Waals surface area contributed by atoms with Gasteiger partial charge in [0.05, 0.1) is 34.8 Å². The highest BCUT2D eigenvalue weighted by molar-refractivity contribution is 6.32. The Hall–Kier alpha value is -5.49. The summed E-state index contributed by atoms with van der Waals surface area (Å²) in [6, 6.07) is 21.6. The van der Waals surface area contributed by atoms with Gasteiger partial charge in [0.1, 0.15) is 17.7 Å². The number of nitrogens with zero attached hydrogens (tertiary/aromatic N) is 7. The number of imide groups is 2. The fraction of sp³-hybridized carbons (Fsp3) is 0.489. The molecule has 3 aromatic rings. The average molecular weight is 863 g/mol. The third-order valence-corrected chi connectivity index (χ3v) is 14.3. The molecule has 0 aliphatic carbocycles. The van der Waals surface area contributed by atoms with Crippen molar-refractivity contribution in [3.63, 3.8) is 0 Å². The van der Waals surface area contributed by atoms with Gasteiger partial charge in [0.2, 0.25) is 18.2 Å². The van der Waals surface area contributed by atoms with E-state index in [0.29, 0.717) is 54.8 Å². The summed E-state index contributed by atoms with van der Waals surface area (Å²) in [6.07, 6.45) is 4.79. The van der Waals surface area contributed by atoms with Crippen LogP contribution >= 0.6 is 11.6 Å². The number of carbonyl (C=O) groups is 5. The molecule has 0 radical (unpaired) electrons. The number of nitrogens with one attached hydrogen (secondary N) is 1. The van der Waals surface area contributed by atoms with Gasteiger partial charge in [-0.1, -0.05) is 29.3 Å². The number of benzene rings is 3. The van der Waals surface area contributed by atoms with Crippen molar-refractivity contribution >= 4 is 58.7 Å². The topological polar surface area (TPSA) is 150 Å². The van der Waals surface area contributed by atoms with Crippen molar-refractivity contribution in [2.45, 2.75) is 70.6 Å². The number of piperazine rings is 1. The fourth-order valence-electron chi connectivity index (χ4n) is 10.3. The average Bonchev–Trinajstić information content (AvgIpc) is 3.71. The normalized spacial score (nSPS) is 23.1. The summed E-state index contributed by atoms with van der Waals surface area (Å²) >= 11 is 6.28. The molecule has 5 fully saturated rings. The number of aryl methyl sites for hydroxylation is 1. The van der Waals surface area contributed by atoms with Crippen LogP contribution in [0, 0.1) is 23.7 Å². The molecule has 326 valence electrons. The number of ether oxygens (including phenoxy) is 1. The van der Waals surface area contributed by atoms with Gasteiger partial charge < -0.3 is 24.3 Å². The third-order valence-electron chi connectivity index (χ3n) is 14.0. The molecule has 1 spiro atoms. The number of carbonyl (C=O) groups excluding carboxylic acids is 5. The first-order valence-corrected chi connectivity index (χ1v) is 22.2. The van der Waals surface area contributed by atoms with Crippen molar-refractivity contribution in [3.8, 4) is 6.07 Å². The summed E-state index contributed by atoms with van der Waals surface area (Å²) in [7, 11) is 0. The van der Waals surface area contributed by atoms with E-state index in [1.807, 2.05) is 31.2 Å². The molecule has 2 atom stereocenters. The molecule has 6 aliphatic heterocycles. The minimum Gasteiger partial charge on any atom is -0.371 e. The number of halogens is 1. The summed E-state index contributed by atoms with van der Waals surface area (Å²) in [5.74, 6) is -2.03. The molecule has 3 aromatic carbocycles. The summed E-state index contributed by atoms with van der Waals surface area (Å²) in [4.78, 5) is 73.0. The van der Waals surface area contributed by atoms with Crippen molar-refractivity contribution in [3.05, 3.63) is 87.9 Å². The van der Waals surface area contributed by atoms with Crippen LogP contribution in [-0.2, 0) is 19.1 Å². The summed E-state index contributed by atoms with van der Waals surface area (Å²) < 4.78 is 6.15. The molecule has 14 nitrogen and oxygen atoms in total. The Morgan fingerprint density at radius 3 is 2.15 bits per heavy atom. The first-order chi connectivity index (χ1) is 29.9. The van der Waals surface area contributed by atoms with Crippen LogP contribution in [-0.4, -0.2) is 134 Å². The zero-order chi connectivity index (χ0) is 43.8. The number of amides is 5. The maximum Gasteiger partial charge on any atom is 0.262 e. The van der Waals surface area contributed by atoms with Gasteiger partial charge in [-0.2, -0.15) is 5.26 Å². The number of nitriles is 1. The predicted octanol–water partition coefficient (Wildman–Crippen LogP) is 4.86. The number of anilines is 3. The number of fused-ring (bicyclic) bond motifs is 1. The Labute approximate surface area is 368 Å². The van der Waals surface area contributed by atoms with E-state index in [1.54, 1.807) is 17.0 Å². The van der Waals surface area contributed by atoms with Gasteiger partial charge in [0.15, 0.2) is 0 Å². The fourth-order valence-corrected chi connectivity index (χ4v) is 10.5. The lowest BCUT2D eigenvalue weighted by Crippen LogP contribution is -2.68. The molecule has 5 amide bonds. The minimum absolute atomic E-state index is 0.0898. The number of hydrogen-bond acceptors (Lipinski definition) is 11. The van der Waals surface area contributed by atoms with E-state index in [0.717, 1.165) is 62.0 Å². The second-order valence-corrected chi connectivity index (χ2v) is 18.1. The maximum absolute atomic E-state index is 13.1. The van der Waals surface area contributed by atoms with Crippen LogP contribution in [0.3, 0.4) is 0 Å². The van der Waals surface area contributed by atoms with Gasteiger partial charge in [-0.25, -0.2) is 0 Å². The van der Waals surface area contributed by atoms with Crippen LogP contribution in [0.15, 0.2) is 60.7 Å². The standard InChI is InChI=1S/C24H29N5O6.C23H26ClN3/c1-2-35-24(12-26-7-9-27(15-30)10-8-26)13-28(14-24)16-3-4-17-18(11-16)23(34)29(22(17)33)19-5-6-20(31)25-21(19)32;1-17-3-6-20(7-4-17)26-12-9-23(10-13-26)11-14-27(18(23)2)21-8-5-19(16-25)22(24)15-21/h3-4,11,15,19H,2,5-10,12-14H2,1H3,(H,25,31,32);3-8,15,18H,9-14H2,1-2H3. The molecule has 0 aromatic heterocycles. The van der Waals surface area contributed by atoms with Gasteiger partial charge in [0, 0.05) is 88.5 Å². The number of hydrogen-bond donors (Lipinski definition) is 1. The highest BCUT2D eigenvalue weighted by atomic mass is 35.5. The minimum atomic E-state index is -0.974. The van der Waals surface area contributed by atoms with E-state index < -0.39 is 29.7 Å². The number of rotatable bonds is 9. The van der Waals surface area contributed by atoms with E-state index >= 15 is 0 Å². The smallest absolute Gasteiger partial charge is 0.262 e. The first-order valence-electron chi connectivity index (χ1n) is 21.8. The Morgan fingerprint density at radius 1 is 0.839 bits per heavy atom. The van der Waals surface area contributed by atoms with Gasteiger partial charge in [-0.05, 0) is 100 Å². The highest BCUT2D eigenvalue weighted by Gasteiger charge is 2.49. The van der Waals surface area contributed by atoms with Crippen LogP contribution in [0.5, 0.6) is 0 Å². The lowest BCUT2D eigenvalue weighted by Gasteiger charge is -2.53. The molecular weight excluding hydrogens is 808 g/mol. The summed E-state index contributed by atoms with van der Waals surface area (Å²) in [5, 5.41) is 11.9. The molecule has 62 heavy (non-hydrogen) atoms. The molecule has 6 heterocycles. The van der Waals surface area contributed by atoms with Gasteiger partial charge in [0.25, 0.3) is 11.8 Å². The van der Waals surface area contributed by atoms with Crippen LogP contribution in [0.4, 0.5) is 17.1 Å². The number of piperidine rings is 2. The molecule has 1 N–H and O–H groups in total. The van der Waals surface area contributed by atoms with Crippen molar-refractivity contribution in [2.75, 3.05) is 86.8 Å². The molecule has 2 unspecified atom stereocenters. The largest absolute Gasteiger partial charge is 0.371 e. The molecular formula is C47H55ClN8O6. The van der Waals surface area contributed by atoms with E-state index in [1.165, 1.54) is 30.5 Å². The Morgan fingerprint density at radius 2 is 1.50 bits per heavy atom. The molecule has 0 saturated carbocycles. The summed E-state index contributed by atoms with van der Waals surface area (Å²) in [6.45, 7) is 15.4. The molecule has 9 rings (SSSR count). The Kier molecular flexibility index (Phi) is 12.3. The van der Waals surface area contributed by atoms with Gasteiger partial charge in [-0.3, -0.25) is 39.1 Å². The second kappa shape index (κ2) is 17.7. The Bertz CT molecular complexity index is 2260. The third kappa shape index (κ3) is 8.38. The van der Waals surface area contributed by atoms with Crippen LogP contribution in [0.25, 0.3) is 0 Å². The quantitative estimate of drug-likeness (QED) is 0.232. The van der Waals surface area contributed by atoms with Gasteiger partial charge in [-0.15, -0.1) is 0 Å². The van der Waals surface area contributed by atoms with Crippen LogP contribution in [0.1, 0.15) is 77.8 Å². The first kappa shape index (κ1) is 43.2. The highest BCUT2D eigenvalue weighted by Crippen LogP contribution is 2.48. The monoisotopic (exact) mass is 862 g/mol. The lowest BCUT2D eigenvalue weighted by molar-refractivity contribution is -0.136. The maximum atomic E-state index is 13.1. The van der Waals surface area contributed by atoms with Crippen molar-refractivity contribution in [1.29, 1.82) is 5.26 Å². The molecule has 5 saturated heterocycles. The van der Waals surface area contributed by atoms with Gasteiger partial charge >= 0.3 is 0 Å². The predicted molar refractivity (Wildman–Crippen MR) is 236 cm³/mol. The summed E-state index contributed by atoms with van der Waals surface area (Å²) in [5.41, 5.74) is 5.75. The van der Waals surface area contributed by atoms with Crippen LogP contribution in [0.2, 0.25) is 5.02 Å². The van der Waals surface area contributed by atoms with E-state index in [9.17, 15) is 24.0 Å².